The summed E-state index contributed by atoms with van der Waals surface area (Å²) in [5.41, 5.74) is 1.53. The van der Waals surface area contributed by atoms with Crippen LogP contribution in [0.1, 0.15) is 61.2 Å². The van der Waals surface area contributed by atoms with Crippen molar-refractivity contribution in [1.82, 2.24) is 14.9 Å². The first-order chi connectivity index (χ1) is 13.7. The average Bonchev–Trinajstić information content (AvgIpc) is 3.08. The van der Waals surface area contributed by atoms with E-state index in [9.17, 15) is 4.79 Å². The van der Waals surface area contributed by atoms with E-state index in [0.29, 0.717) is 11.8 Å². The lowest BCUT2D eigenvalue weighted by molar-refractivity contribution is -0.134. The molecule has 5 nitrogen and oxygen atoms in total. The van der Waals surface area contributed by atoms with Crippen molar-refractivity contribution in [3.8, 4) is 0 Å². The zero-order valence-electron chi connectivity index (χ0n) is 16.9. The number of piperidine rings is 2. The molecule has 0 unspecified atom stereocenters. The van der Waals surface area contributed by atoms with E-state index in [1.165, 1.54) is 53.7 Å². The van der Waals surface area contributed by atoms with Crippen LogP contribution in [0.5, 0.6) is 0 Å². The molecule has 0 saturated carbocycles. The van der Waals surface area contributed by atoms with Gasteiger partial charge in [0.05, 0.1) is 5.39 Å². The van der Waals surface area contributed by atoms with Gasteiger partial charge in [0.25, 0.3) is 0 Å². The second-order valence-electron chi connectivity index (χ2n) is 8.71. The lowest BCUT2D eigenvalue weighted by Crippen LogP contribution is -2.43. The minimum atomic E-state index is 0.367. The number of fused-ring (bicyclic) bond motifs is 3. The average molecular weight is 399 g/mol. The summed E-state index contributed by atoms with van der Waals surface area (Å²) >= 11 is 1.89. The van der Waals surface area contributed by atoms with Gasteiger partial charge in [0, 0.05) is 37.5 Å². The Kier molecular flexibility index (Phi) is 4.99. The molecular weight excluding hydrogens is 368 g/mol. The fraction of sp³-hybridized carbons (Fsp3) is 0.682. The minimum Gasteiger partial charge on any atom is -0.356 e. The van der Waals surface area contributed by atoms with E-state index in [2.05, 4.69) is 9.80 Å². The molecule has 2 aromatic heterocycles. The number of nitrogens with zero attached hydrogens (tertiary/aromatic N) is 4. The zero-order valence-corrected chi connectivity index (χ0v) is 17.7. The first-order valence-corrected chi connectivity index (χ1v) is 11.8. The van der Waals surface area contributed by atoms with Gasteiger partial charge in [-0.1, -0.05) is 0 Å². The van der Waals surface area contributed by atoms with Crippen molar-refractivity contribution in [2.75, 3.05) is 31.1 Å². The van der Waals surface area contributed by atoms with E-state index < -0.39 is 0 Å². The predicted octanol–water partition coefficient (Wildman–Crippen LogP) is 4.11. The van der Waals surface area contributed by atoms with Crippen LogP contribution in [0.15, 0.2) is 0 Å². The highest BCUT2D eigenvalue weighted by Crippen LogP contribution is 2.40. The predicted molar refractivity (Wildman–Crippen MR) is 114 cm³/mol. The molecule has 2 fully saturated rings. The minimum absolute atomic E-state index is 0.367. The standard InChI is InChI=1S/C22H30N4OS/c1-15-23-21(20-17-6-2-3-7-18(17)28-22(20)24-15)25-12-9-16(10-13-25)14-26-11-5-4-8-19(26)27/h16H,2-14H2,1H3. The van der Waals surface area contributed by atoms with Crippen molar-refractivity contribution in [3.05, 3.63) is 16.3 Å². The van der Waals surface area contributed by atoms with E-state index in [-0.39, 0.29) is 0 Å². The van der Waals surface area contributed by atoms with Gasteiger partial charge < -0.3 is 9.80 Å². The number of carbonyl (C=O) groups is 1. The van der Waals surface area contributed by atoms with Gasteiger partial charge in [-0.2, -0.15) is 0 Å². The summed E-state index contributed by atoms with van der Waals surface area (Å²) in [5.74, 6) is 3.07. The van der Waals surface area contributed by atoms with Gasteiger partial charge in [0.2, 0.25) is 5.91 Å². The van der Waals surface area contributed by atoms with Crippen molar-refractivity contribution in [2.24, 2.45) is 5.92 Å². The van der Waals surface area contributed by atoms with Gasteiger partial charge in [0.15, 0.2) is 0 Å². The van der Waals surface area contributed by atoms with Crippen molar-refractivity contribution in [3.63, 3.8) is 0 Å². The van der Waals surface area contributed by atoms with Crippen molar-refractivity contribution in [2.45, 2.75) is 64.7 Å². The van der Waals surface area contributed by atoms with Gasteiger partial charge in [-0.3, -0.25) is 4.79 Å². The summed E-state index contributed by atoms with van der Waals surface area (Å²) in [6.45, 7) is 6.03. The first kappa shape index (κ1) is 18.3. The van der Waals surface area contributed by atoms with Gasteiger partial charge in [-0.25, -0.2) is 9.97 Å². The first-order valence-electron chi connectivity index (χ1n) is 11.0. The van der Waals surface area contributed by atoms with Crippen molar-refractivity contribution in [1.29, 1.82) is 0 Å². The maximum absolute atomic E-state index is 12.1. The Bertz CT molecular complexity index is 884. The molecule has 2 aliphatic heterocycles. The Morgan fingerprint density at radius 3 is 2.61 bits per heavy atom. The molecule has 28 heavy (non-hydrogen) atoms. The van der Waals surface area contributed by atoms with Crippen LogP contribution in [-0.2, 0) is 17.6 Å². The smallest absolute Gasteiger partial charge is 0.222 e. The largest absolute Gasteiger partial charge is 0.356 e. The highest BCUT2D eigenvalue weighted by molar-refractivity contribution is 7.19. The van der Waals surface area contributed by atoms with Gasteiger partial charge >= 0.3 is 0 Å². The number of aryl methyl sites for hydroxylation is 3. The van der Waals surface area contributed by atoms with Gasteiger partial charge in [-0.05, 0) is 69.8 Å². The van der Waals surface area contributed by atoms with Gasteiger partial charge in [0.1, 0.15) is 16.5 Å². The Morgan fingerprint density at radius 2 is 1.79 bits per heavy atom. The van der Waals surface area contributed by atoms with Crippen LogP contribution in [0.25, 0.3) is 10.2 Å². The van der Waals surface area contributed by atoms with E-state index >= 15 is 0 Å². The monoisotopic (exact) mass is 398 g/mol. The lowest BCUT2D eigenvalue weighted by Gasteiger charge is -2.37. The molecule has 0 N–H and O–H groups in total. The molecule has 150 valence electrons. The lowest BCUT2D eigenvalue weighted by atomic mass is 9.94. The molecule has 6 heteroatoms. The fourth-order valence-electron chi connectivity index (χ4n) is 5.16. The molecule has 0 aromatic carbocycles. The SMILES string of the molecule is Cc1nc(N2CCC(CN3CCCCC3=O)CC2)c2c3c(sc2n1)CCCC3. The molecule has 0 atom stereocenters. The summed E-state index contributed by atoms with van der Waals surface area (Å²) in [6, 6.07) is 0. The van der Waals surface area contributed by atoms with E-state index in [0.717, 1.165) is 57.7 Å². The summed E-state index contributed by atoms with van der Waals surface area (Å²) in [4.78, 5) is 29.2. The van der Waals surface area contributed by atoms with E-state index in [1.54, 1.807) is 4.88 Å². The fourth-order valence-corrected chi connectivity index (χ4v) is 6.47. The molecule has 1 amide bonds. The molecule has 5 rings (SSSR count). The van der Waals surface area contributed by atoms with E-state index in [4.69, 9.17) is 9.97 Å². The molecule has 0 bridgehead atoms. The van der Waals surface area contributed by atoms with Crippen LogP contribution >= 0.6 is 11.3 Å². The second kappa shape index (κ2) is 7.62. The molecule has 3 aliphatic rings. The summed E-state index contributed by atoms with van der Waals surface area (Å²) in [5, 5.41) is 1.34. The molecule has 2 saturated heterocycles. The summed E-state index contributed by atoms with van der Waals surface area (Å²) < 4.78 is 0. The Morgan fingerprint density at radius 1 is 1.00 bits per heavy atom. The summed E-state index contributed by atoms with van der Waals surface area (Å²) in [7, 11) is 0. The molecule has 0 radical (unpaired) electrons. The quantitative estimate of drug-likeness (QED) is 0.781. The third kappa shape index (κ3) is 3.40. The number of amides is 1. The maximum atomic E-state index is 12.1. The summed E-state index contributed by atoms with van der Waals surface area (Å²) in [6.07, 6.45) is 10.3. The van der Waals surface area contributed by atoms with Crippen LogP contribution in [0.4, 0.5) is 5.82 Å². The van der Waals surface area contributed by atoms with Crippen LogP contribution < -0.4 is 4.90 Å². The number of carbonyl (C=O) groups excluding carboxylic acids is 1. The maximum Gasteiger partial charge on any atom is 0.222 e. The Labute approximate surface area is 171 Å². The highest BCUT2D eigenvalue weighted by atomic mass is 32.1. The number of hydrogen-bond donors (Lipinski definition) is 0. The van der Waals surface area contributed by atoms with Crippen LogP contribution in [-0.4, -0.2) is 47.0 Å². The number of rotatable bonds is 3. The van der Waals surface area contributed by atoms with Crippen LogP contribution in [0, 0.1) is 12.8 Å². The number of likely N-dealkylation sites (tertiary alicyclic amines) is 1. The molecule has 1 aliphatic carbocycles. The number of anilines is 1. The zero-order chi connectivity index (χ0) is 19.1. The van der Waals surface area contributed by atoms with Crippen molar-refractivity contribution < 1.29 is 4.79 Å². The second-order valence-corrected chi connectivity index (χ2v) is 9.80. The number of thiophene rings is 1. The third-order valence-electron chi connectivity index (χ3n) is 6.72. The van der Waals surface area contributed by atoms with Crippen molar-refractivity contribution >= 4 is 33.3 Å². The normalized spacial score (nSPS) is 21.4. The molecule has 2 aromatic rings. The van der Waals surface area contributed by atoms with Crippen LogP contribution in [0.3, 0.4) is 0 Å². The number of aromatic nitrogens is 2. The molecule has 0 spiro atoms. The third-order valence-corrected chi connectivity index (χ3v) is 7.91. The molecule has 4 heterocycles. The topological polar surface area (TPSA) is 49.3 Å². The van der Waals surface area contributed by atoms with Crippen LogP contribution in [0.2, 0.25) is 0 Å². The number of hydrogen-bond acceptors (Lipinski definition) is 5. The highest BCUT2D eigenvalue weighted by Gasteiger charge is 2.28. The van der Waals surface area contributed by atoms with Gasteiger partial charge in [-0.15, -0.1) is 11.3 Å². The Hall–Kier alpha value is -1.69. The Balaban J connectivity index is 1.34. The van der Waals surface area contributed by atoms with E-state index in [1.807, 2.05) is 18.3 Å². The molecular formula is C22H30N4OS.